The van der Waals surface area contributed by atoms with Gasteiger partial charge in [0.05, 0.1) is 5.41 Å². The van der Waals surface area contributed by atoms with E-state index >= 15 is 0 Å². The molecule has 3 aliphatic carbocycles. The minimum atomic E-state index is -0.529. The van der Waals surface area contributed by atoms with E-state index in [1.807, 2.05) is 0 Å². The molecule has 72 heavy (non-hydrogen) atoms. The molecule has 0 unspecified atom stereocenters. The summed E-state index contributed by atoms with van der Waals surface area (Å²) in [6.45, 7) is 4.76. The summed E-state index contributed by atoms with van der Waals surface area (Å²) >= 11 is 0. The zero-order valence-electron chi connectivity index (χ0n) is 40.1. The van der Waals surface area contributed by atoms with Crippen LogP contribution in [0.4, 0.5) is 0 Å². The van der Waals surface area contributed by atoms with Crippen molar-refractivity contribution in [2.45, 2.75) is 24.7 Å². The summed E-state index contributed by atoms with van der Waals surface area (Å²) in [5.74, 6) is 0. The van der Waals surface area contributed by atoms with E-state index in [2.05, 4.69) is 257 Å². The number of rotatable bonds is 3. The molecule has 0 radical (unpaired) electrons. The summed E-state index contributed by atoms with van der Waals surface area (Å²) in [5, 5.41) is 12.9. The highest BCUT2D eigenvalue weighted by molar-refractivity contribution is 6.25. The SMILES string of the molecule is CC1(C)c2ccccc2-c2ccc(-c3c4ccccc4c(-c4ccc(-c5cc6c(c7ccccc57)-c5c(c7ccccc7c7ccccc57)C65c6ccccc6-c6ccccc65)cc4)c4ccccc34)cc21. The molecule has 0 aromatic heterocycles. The van der Waals surface area contributed by atoms with Crippen molar-refractivity contribution in [1.29, 1.82) is 0 Å². The van der Waals surface area contributed by atoms with Gasteiger partial charge in [-0.15, -0.1) is 0 Å². The van der Waals surface area contributed by atoms with Gasteiger partial charge in [0.2, 0.25) is 0 Å². The quantitative estimate of drug-likeness (QED) is 0.122. The molecule has 0 fully saturated rings. The molecule has 1 spiro atoms. The molecule has 0 heteroatoms. The molecule has 0 nitrogen and oxygen atoms in total. The molecule has 0 N–H and O–H groups in total. The van der Waals surface area contributed by atoms with Crippen LogP contribution in [0, 0.1) is 0 Å². The lowest BCUT2D eigenvalue weighted by Gasteiger charge is -2.32. The maximum Gasteiger partial charge on any atom is 0.0732 e. The highest BCUT2D eigenvalue weighted by Gasteiger charge is 2.53. The summed E-state index contributed by atoms with van der Waals surface area (Å²) in [4.78, 5) is 0. The molecule has 0 saturated carbocycles. The van der Waals surface area contributed by atoms with Crippen molar-refractivity contribution in [1.82, 2.24) is 0 Å². The van der Waals surface area contributed by atoms with E-state index in [0.717, 1.165) is 0 Å². The van der Waals surface area contributed by atoms with Crippen LogP contribution < -0.4 is 0 Å². The van der Waals surface area contributed by atoms with Crippen molar-refractivity contribution in [3.05, 3.63) is 276 Å². The normalized spacial score (nSPS) is 14.2. The Morgan fingerprint density at radius 3 is 1.17 bits per heavy atom. The molecule has 3 aliphatic rings. The van der Waals surface area contributed by atoms with Crippen LogP contribution in [-0.2, 0) is 10.8 Å². The molecule has 0 heterocycles. The third-order valence-electron chi connectivity index (χ3n) is 17.2. The Morgan fingerprint density at radius 1 is 0.222 bits per heavy atom. The van der Waals surface area contributed by atoms with Gasteiger partial charge in [-0.1, -0.05) is 244 Å². The van der Waals surface area contributed by atoms with Gasteiger partial charge < -0.3 is 0 Å². The molecule has 0 saturated heterocycles. The van der Waals surface area contributed by atoms with Gasteiger partial charge in [0, 0.05) is 5.41 Å². The number of benzene rings is 13. The zero-order valence-corrected chi connectivity index (χ0v) is 40.1. The zero-order chi connectivity index (χ0) is 47.5. The minimum absolute atomic E-state index is 0.0845. The molecule has 334 valence electrons. The maximum absolute atomic E-state index is 2.59. The minimum Gasteiger partial charge on any atom is -0.0619 e. The topological polar surface area (TPSA) is 0 Å². The first-order chi connectivity index (χ1) is 35.5. The average Bonchev–Trinajstić information content (AvgIpc) is 4.02. The van der Waals surface area contributed by atoms with Crippen LogP contribution in [0.1, 0.15) is 47.2 Å². The second kappa shape index (κ2) is 14.4. The number of hydrogen-bond donors (Lipinski definition) is 0. The van der Waals surface area contributed by atoms with Crippen molar-refractivity contribution < 1.29 is 0 Å². The fraction of sp³-hybridized carbons (Fsp3) is 0.0556. The second-order valence-electron chi connectivity index (χ2n) is 20.9. The van der Waals surface area contributed by atoms with Crippen molar-refractivity contribution >= 4 is 53.9 Å². The predicted octanol–water partition coefficient (Wildman–Crippen LogP) is 19.1. The van der Waals surface area contributed by atoms with E-state index in [4.69, 9.17) is 0 Å². The lowest BCUT2D eigenvalue weighted by molar-refractivity contribution is 0.660. The van der Waals surface area contributed by atoms with Crippen molar-refractivity contribution in [3.8, 4) is 66.8 Å². The first-order valence-corrected chi connectivity index (χ1v) is 25.5. The van der Waals surface area contributed by atoms with Crippen LogP contribution in [0.5, 0.6) is 0 Å². The van der Waals surface area contributed by atoms with E-state index < -0.39 is 5.41 Å². The highest BCUT2D eigenvalue weighted by Crippen LogP contribution is 2.67. The fourth-order valence-electron chi connectivity index (χ4n) is 14.3. The lowest BCUT2D eigenvalue weighted by Crippen LogP contribution is -2.26. The molecular weight excluding hydrogens is 865 g/mol. The summed E-state index contributed by atoms with van der Waals surface area (Å²) < 4.78 is 0. The second-order valence-corrected chi connectivity index (χ2v) is 20.9. The third kappa shape index (κ3) is 5.01. The predicted molar refractivity (Wildman–Crippen MR) is 304 cm³/mol. The molecule has 0 atom stereocenters. The van der Waals surface area contributed by atoms with E-state index in [1.165, 1.54) is 154 Å². The van der Waals surface area contributed by atoms with Crippen LogP contribution in [-0.4, -0.2) is 0 Å². The van der Waals surface area contributed by atoms with E-state index in [-0.39, 0.29) is 5.41 Å². The Morgan fingerprint density at radius 2 is 0.597 bits per heavy atom. The molecular formula is C72H46. The first kappa shape index (κ1) is 39.9. The first-order valence-electron chi connectivity index (χ1n) is 25.5. The molecule has 13 aromatic rings. The summed E-state index contributed by atoms with van der Waals surface area (Å²) in [6, 6.07) is 92.3. The van der Waals surface area contributed by atoms with Crippen molar-refractivity contribution in [2.75, 3.05) is 0 Å². The standard InChI is InChI=1S/C72H46/c1-71(2)61-32-16-13-22-49(61)52-40-39-45(41-64(52)71)67-57-29-10-8-27-55(57)66(56-28-9-11-30-58(56)67)44-37-35-43(36-38-44)60-42-65-68(53-25-6-4-21-48(53)60)69-54-26-7-3-19-46(54)47-20-5-12-31-59(47)70(69)72(65)62-33-17-14-23-50(62)51-24-15-18-34-63(51)72/h3-42H,1-2H3. The summed E-state index contributed by atoms with van der Waals surface area (Å²) in [6.07, 6.45) is 0. The number of fused-ring (bicyclic) bond motifs is 22. The van der Waals surface area contributed by atoms with Crippen LogP contribution >= 0.6 is 0 Å². The van der Waals surface area contributed by atoms with Gasteiger partial charge in [-0.05, 0) is 166 Å². The molecule has 13 aromatic carbocycles. The molecule has 16 rings (SSSR count). The van der Waals surface area contributed by atoms with E-state index in [1.54, 1.807) is 0 Å². The van der Waals surface area contributed by atoms with Crippen LogP contribution in [0.25, 0.3) is 121 Å². The Bertz CT molecular complexity index is 4420. The van der Waals surface area contributed by atoms with Crippen molar-refractivity contribution in [2.24, 2.45) is 0 Å². The van der Waals surface area contributed by atoms with Gasteiger partial charge in [-0.3, -0.25) is 0 Å². The van der Waals surface area contributed by atoms with Gasteiger partial charge in [0.1, 0.15) is 0 Å². The van der Waals surface area contributed by atoms with Gasteiger partial charge in [-0.25, -0.2) is 0 Å². The Kier molecular flexibility index (Phi) is 7.98. The van der Waals surface area contributed by atoms with Crippen LogP contribution in [0.15, 0.2) is 243 Å². The fourth-order valence-corrected chi connectivity index (χ4v) is 14.3. The van der Waals surface area contributed by atoms with Gasteiger partial charge in [0.15, 0.2) is 0 Å². The van der Waals surface area contributed by atoms with E-state index in [9.17, 15) is 0 Å². The molecule has 0 amide bonds. The summed E-state index contributed by atoms with van der Waals surface area (Å²) in [7, 11) is 0. The number of hydrogen-bond acceptors (Lipinski definition) is 0. The summed E-state index contributed by atoms with van der Waals surface area (Å²) in [5.41, 5.74) is 23.2. The Labute approximate surface area is 419 Å². The average molecular weight is 911 g/mol. The molecule has 0 aliphatic heterocycles. The monoisotopic (exact) mass is 910 g/mol. The third-order valence-corrected chi connectivity index (χ3v) is 17.2. The lowest BCUT2D eigenvalue weighted by atomic mass is 9.68. The van der Waals surface area contributed by atoms with Gasteiger partial charge in [0.25, 0.3) is 0 Å². The maximum atomic E-state index is 2.59. The Balaban J connectivity index is 0.927. The Hall–Kier alpha value is -8.84. The van der Waals surface area contributed by atoms with Crippen molar-refractivity contribution in [3.63, 3.8) is 0 Å². The highest BCUT2D eigenvalue weighted by atomic mass is 14.5. The van der Waals surface area contributed by atoms with Crippen LogP contribution in [0.3, 0.4) is 0 Å². The van der Waals surface area contributed by atoms with Crippen LogP contribution in [0.2, 0.25) is 0 Å². The van der Waals surface area contributed by atoms with Gasteiger partial charge >= 0.3 is 0 Å². The smallest absolute Gasteiger partial charge is 0.0619 e. The van der Waals surface area contributed by atoms with E-state index in [0.29, 0.717) is 0 Å². The largest absolute Gasteiger partial charge is 0.0732 e. The van der Waals surface area contributed by atoms with Gasteiger partial charge in [-0.2, -0.15) is 0 Å². The molecule has 0 bridgehead atoms.